The molecule has 8 heteroatoms. The number of benzene rings is 1. The largest absolute Gasteiger partial charge is 0.491 e. The Labute approximate surface area is 144 Å². The lowest BCUT2D eigenvalue weighted by atomic mass is 10.3. The van der Waals surface area contributed by atoms with E-state index in [4.69, 9.17) is 9.47 Å². The smallest absolute Gasteiger partial charge is 0.423 e. The van der Waals surface area contributed by atoms with Gasteiger partial charge in [-0.3, -0.25) is 0 Å². The Balaban J connectivity index is 2.28. The van der Waals surface area contributed by atoms with Crippen LogP contribution in [0.5, 0.6) is 11.6 Å². The second kappa shape index (κ2) is 7.58. The molecule has 0 atom stereocenters. The van der Waals surface area contributed by atoms with Crippen molar-refractivity contribution in [3.05, 3.63) is 36.0 Å². The molecule has 0 fully saturated rings. The van der Waals surface area contributed by atoms with Gasteiger partial charge in [-0.1, -0.05) is 6.07 Å². The second-order valence-electron chi connectivity index (χ2n) is 5.90. The quantitative estimate of drug-likeness (QED) is 0.806. The van der Waals surface area contributed by atoms with Gasteiger partial charge in [-0.25, -0.2) is 4.98 Å². The Morgan fingerprint density at radius 3 is 2.32 bits per heavy atom. The fourth-order valence-electron chi connectivity index (χ4n) is 1.98. The number of nitrogens with one attached hydrogen (secondary N) is 1. The highest BCUT2D eigenvalue weighted by Gasteiger charge is 2.36. The number of nitrogens with zero attached hydrogens (tertiary/aromatic N) is 2. The average molecular weight is 355 g/mol. The molecule has 1 N–H and O–H groups in total. The van der Waals surface area contributed by atoms with Gasteiger partial charge >= 0.3 is 6.18 Å². The summed E-state index contributed by atoms with van der Waals surface area (Å²) in [6.07, 6.45) is -4.33. The van der Waals surface area contributed by atoms with Gasteiger partial charge in [-0.2, -0.15) is 18.2 Å². The zero-order chi connectivity index (χ0) is 18.6. The third-order valence-electron chi connectivity index (χ3n) is 2.87. The molecule has 0 bridgehead atoms. The topological polar surface area (TPSA) is 56.3 Å². The van der Waals surface area contributed by atoms with Crippen molar-refractivity contribution in [3.63, 3.8) is 0 Å². The van der Waals surface area contributed by atoms with Crippen molar-refractivity contribution in [3.8, 4) is 11.6 Å². The highest BCUT2D eigenvalue weighted by atomic mass is 19.4. The highest BCUT2D eigenvalue weighted by molar-refractivity contribution is 5.56. The highest BCUT2D eigenvalue weighted by Crippen LogP contribution is 2.35. The van der Waals surface area contributed by atoms with Crippen LogP contribution in [0, 0.1) is 0 Å². The first-order valence-electron chi connectivity index (χ1n) is 7.80. The fourth-order valence-corrected chi connectivity index (χ4v) is 1.98. The minimum Gasteiger partial charge on any atom is -0.491 e. The molecule has 0 aliphatic rings. The van der Waals surface area contributed by atoms with Gasteiger partial charge in [0, 0.05) is 18.0 Å². The predicted octanol–water partition coefficient (Wildman–Crippen LogP) is 4.81. The maximum absolute atomic E-state index is 13.0. The lowest BCUT2D eigenvalue weighted by Gasteiger charge is -2.16. The molecule has 5 nitrogen and oxygen atoms in total. The predicted molar refractivity (Wildman–Crippen MR) is 88.3 cm³/mol. The first kappa shape index (κ1) is 18.8. The molecular formula is C17H20F3N3O2. The van der Waals surface area contributed by atoms with Gasteiger partial charge in [0.1, 0.15) is 11.3 Å². The summed E-state index contributed by atoms with van der Waals surface area (Å²) >= 11 is 0. The van der Waals surface area contributed by atoms with Gasteiger partial charge in [0.2, 0.25) is 11.8 Å². The molecule has 0 aliphatic heterocycles. The van der Waals surface area contributed by atoms with Crippen molar-refractivity contribution in [2.75, 3.05) is 5.32 Å². The number of alkyl halides is 3. The van der Waals surface area contributed by atoms with E-state index in [9.17, 15) is 13.2 Å². The third kappa shape index (κ3) is 5.51. The molecule has 2 aromatic rings. The van der Waals surface area contributed by atoms with Crippen LogP contribution in [-0.2, 0) is 6.18 Å². The molecule has 25 heavy (non-hydrogen) atoms. The monoisotopic (exact) mass is 355 g/mol. The van der Waals surface area contributed by atoms with Gasteiger partial charge in [0.25, 0.3) is 0 Å². The summed E-state index contributed by atoms with van der Waals surface area (Å²) in [4.78, 5) is 7.60. The standard InChI is InChI=1S/C17H20F3N3O2/c1-10(2)24-13-7-5-6-12(8-13)22-16-21-9-14(17(18,19)20)15(23-16)25-11(3)4/h5-11H,1-4H3,(H,21,22,23). The van der Waals surface area contributed by atoms with Crippen LogP contribution >= 0.6 is 0 Å². The molecule has 0 unspecified atom stereocenters. The van der Waals surface area contributed by atoms with E-state index in [0.717, 1.165) is 0 Å². The molecule has 0 saturated heterocycles. The van der Waals surface area contributed by atoms with E-state index in [0.29, 0.717) is 17.6 Å². The van der Waals surface area contributed by atoms with Crippen LogP contribution in [0.2, 0.25) is 0 Å². The molecule has 0 amide bonds. The molecule has 0 spiro atoms. The van der Waals surface area contributed by atoms with Gasteiger partial charge < -0.3 is 14.8 Å². The first-order chi connectivity index (χ1) is 11.6. The van der Waals surface area contributed by atoms with Crippen molar-refractivity contribution in [1.82, 2.24) is 9.97 Å². The molecule has 2 rings (SSSR count). The molecule has 1 aromatic heterocycles. The van der Waals surface area contributed by atoms with Gasteiger partial charge in [-0.15, -0.1) is 0 Å². The summed E-state index contributed by atoms with van der Waals surface area (Å²) in [6.45, 7) is 7.05. The normalized spacial score (nSPS) is 11.7. The summed E-state index contributed by atoms with van der Waals surface area (Å²) in [5.41, 5.74) is -0.419. The Morgan fingerprint density at radius 2 is 1.72 bits per heavy atom. The van der Waals surface area contributed by atoms with E-state index in [1.807, 2.05) is 13.8 Å². The number of hydrogen-bond acceptors (Lipinski definition) is 5. The lowest BCUT2D eigenvalue weighted by Crippen LogP contribution is -2.15. The van der Waals surface area contributed by atoms with Crippen molar-refractivity contribution in [2.24, 2.45) is 0 Å². The number of rotatable bonds is 6. The molecule has 1 heterocycles. The maximum atomic E-state index is 13.0. The van der Waals surface area contributed by atoms with E-state index in [2.05, 4.69) is 15.3 Å². The molecule has 1 aromatic carbocycles. The van der Waals surface area contributed by atoms with Crippen LogP contribution in [0.25, 0.3) is 0 Å². The summed E-state index contributed by atoms with van der Waals surface area (Å²) in [5, 5.41) is 2.86. The van der Waals surface area contributed by atoms with Crippen LogP contribution in [0.1, 0.15) is 33.3 Å². The number of aromatic nitrogens is 2. The Bertz CT molecular complexity index is 719. The van der Waals surface area contributed by atoms with E-state index in [1.165, 1.54) is 0 Å². The van der Waals surface area contributed by atoms with E-state index < -0.39 is 23.7 Å². The fraction of sp³-hybridized carbons (Fsp3) is 0.412. The number of ether oxygens (including phenoxy) is 2. The van der Waals surface area contributed by atoms with E-state index in [-0.39, 0.29) is 12.1 Å². The SMILES string of the molecule is CC(C)Oc1cccc(Nc2ncc(C(F)(F)F)c(OC(C)C)n2)c1. The van der Waals surface area contributed by atoms with Crippen LogP contribution in [0.15, 0.2) is 30.5 Å². The van der Waals surface area contributed by atoms with Gasteiger partial charge in [0.05, 0.1) is 12.2 Å². The van der Waals surface area contributed by atoms with Crippen LogP contribution in [0.3, 0.4) is 0 Å². The van der Waals surface area contributed by atoms with Gasteiger partial charge in [0.15, 0.2) is 0 Å². The third-order valence-corrected chi connectivity index (χ3v) is 2.87. The van der Waals surface area contributed by atoms with E-state index >= 15 is 0 Å². The van der Waals surface area contributed by atoms with Crippen LogP contribution < -0.4 is 14.8 Å². The molecular weight excluding hydrogens is 335 g/mol. The Kier molecular flexibility index (Phi) is 5.71. The molecule has 0 radical (unpaired) electrons. The minimum atomic E-state index is -4.59. The first-order valence-corrected chi connectivity index (χ1v) is 7.80. The van der Waals surface area contributed by atoms with Gasteiger partial charge in [-0.05, 0) is 39.8 Å². The maximum Gasteiger partial charge on any atom is 0.423 e. The number of hydrogen-bond donors (Lipinski definition) is 1. The number of anilines is 2. The number of halogens is 3. The van der Waals surface area contributed by atoms with Crippen molar-refractivity contribution in [1.29, 1.82) is 0 Å². The zero-order valence-electron chi connectivity index (χ0n) is 14.4. The molecule has 0 saturated carbocycles. The van der Waals surface area contributed by atoms with Crippen LogP contribution in [-0.4, -0.2) is 22.2 Å². The van der Waals surface area contributed by atoms with Crippen LogP contribution in [0.4, 0.5) is 24.8 Å². The summed E-state index contributed by atoms with van der Waals surface area (Å²) < 4.78 is 49.9. The lowest BCUT2D eigenvalue weighted by molar-refractivity contribution is -0.139. The molecule has 0 aliphatic carbocycles. The van der Waals surface area contributed by atoms with E-state index in [1.54, 1.807) is 38.1 Å². The zero-order valence-corrected chi connectivity index (χ0v) is 14.4. The minimum absolute atomic E-state index is 0.00335. The Hall–Kier alpha value is -2.51. The van der Waals surface area contributed by atoms with Crippen molar-refractivity contribution in [2.45, 2.75) is 46.1 Å². The Morgan fingerprint density at radius 1 is 1.04 bits per heavy atom. The summed E-state index contributed by atoms with van der Waals surface area (Å²) in [6, 6.07) is 6.99. The van der Waals surface area contributed by atoms with Crippen molar-refractivity contribution >= 4 is 11.6 Å². The molecule has 136 valence electrons. The average Bonchev–Trinajstić information content (AvgIpc) is 2.45. The second-order valence-corrected chi connectivity index (χ2v) is 5.90. The summed E-state index contributed by atoms with van der Waals surface area (Å²) in [5.74, 6) is 0.130. The summed E-state index contributed by atoms with van der Waals surface area (Å²) in [7, 11) is 0. The van der Waals surface area contributed by atoms with Crippen molar-refractivity contribution < 1.29 is 22.6 Å².